The molecule has 0 fully saturated rings. The van der Waals surface area contributed by atoms with Gasteiger partial charge in [0.2, 0.25) is 0 Å². The van der Waals surface area contributed by atoms with E-state index in [1.165, 1.54) is 0 Å². The summed E-state index contributed by atoms with van der Waals surface area (Å²) in [6, 6.07) is 1.97. The Bertz CT molecular complexity index is 430. The van der Waals surface area contributed by atoms with Crippen molar-refractivity contribution in [2.45, 2.75) is 5.92 Å². The van der Waals surface area contributed by atoms with Crippen molar-refractivity contribution in [2.75, 3.05) is 18.5 Å². The number of nitrogens with one attached hydrogen (secondary N) is 1. The molecule has 1 aromatic rings. The molecule has 0 aliphatic carbocycles. The van der Waals surface area contributed by atoms with Crippen LogP contribution in [0.15, 0.2) is 12.1 Å². The molecule has 0 amide bonds. The third kappa shape index (κ3) is 4.08. The number of rotatable bonds is 5. The van der Waals surface area contributed by atoms with Gasteiger partial charge in [-0.15, -0.1) is 0 Å². The highest BCUT2D eigenvalue weighted by atomic mass is 35.5. The summed E-state index contributed by atoms with van der Waals surface area (Å²) < 4.78 is 25.4. The molecule has 0 aromatic carbocycles. The minimum atomic E-state index is -3.33. The van der Waals surface area contributed by atoms with Gasteiger partial charge in [-0.05, 0) is 0 Å². The van der Waals surface area contributed by atoms with Gasteiger partial charge in [0, 0.05) is 0 Å². The first-order valence-corrected chi connectivity index (χ1v) is 4.76. The van der Waals surface area contributed by atoms with Gasteiger partial charge in [0.1, 0.15) is 17.6 Å². The van der Waals surface area contributed by atoms with Crippen molar-refractivity contribution in [1.82, 2.24) is 4.98 Å². The lowest BCUT2D eigenvalue weighted by atomic mass is 10.3. The Morgan fingerprint density at radius 1 is 1.59 bits per heavy atom. The predicted molar refractivity (Wildman–Crippen MR) is 56.4 cm³/mol. The molecule has 0 saturated carbocycles. The van der Waals surface area contributed by atoms with E-state index in [0.717, 1.165) is 12.1 Å². The van der Waals surface area contributed by atoms with E-state index < -0.39 is 24.0 Å². The molecule has 0 saturated heterocycles. The molecule has 94 valence electrons. The van der Waals surface area contributed by atoms with Crippen molar-refractivity contribution >= 4 is 23.1 Å². The van der Waals surface area contributed by atoms with Gasteiger partial charge in [-0.25, -0.2) is 13.8 Å². The van der Waals surface area contributed by atoms with Gasteiger partial charge in [-0.1, -0.05) is 11.6 Å². The van der Waals surface area contributed by atoms with Crippen LogP contribution in [-0.2, 0) is 0 Å². The number of hydrogen-bond acceptors (Lipinski definition) is 5. The van der Waals surface area contributed by atoms with Crippen LogP contribution in [0.4, 0.5) is 20.3 Å². The summed E-state index contributed by atoms with van der Waals surface area (Å²) in [5.41, 5.74) is -0.361. The molecule has 9 heteroatoms. The van der Waals surface area contributed by atoms with E-state index in [-0.39, 0.29) is 16.7 Å². The summed E-state index contributed by atoms with van der Waals surface area (Å²) in [5.74, 6) is -3.49. The molecule has 1 rings (SSSR count). The normalized spacial score (nSPS) is 11.3. The summed E-state index contributed by atoms with van der Waals surface area (Å²) in [6.07, 6.45) is 0. The first-order valence-electron chi connectivity index (χ1n) is 4.38. The van der Waals surface area contributed by atoms with Crippen LogP contribution < -0.4 is 5.32 Å². The average Bonchev–Trinajstić information content (AvgIpc) is 2.26. The molecule has 1 heterocycles. The Kier molecular flexibility index (Phi) is 4.13. The number of nitrogens with zero attached hydrogens (tertiary/aromatic N) is 2. The summed E-state index contributed by atoms with van der Waals surface area (Å²) in [5, 5.41) is 20.8. The van der Waals surface area contributed by atoms with Gasteiger partial charge in [0.25, 0.3) is 11.6 Å². The van der Waals surface area contributed by atoms with Gasteiger partial charge in [0.15, 0.2) is 0 Å². The van der Waals surface area contributed by atoms with Gasteiger partial charge >= 0.3 is 0 Å². The van der Waals surface area contributed by atoms with Crippen molar-refractivity contribution < 1.29 is 18.8 Å². The fourth-order valence-electron chi connectivity index (χ4n) is 0.955. The van der Waals surface area contributed by atoms with Crippen LogP contribution in [0.1, 0.15) is 0 Å². The van der Waals surface area contributed by atoms with E-state index in [2.05, 4.69) is 10.3 Å². The maximum Gasteiger partial charge on any atom is 0.287 e. The lowest BCUT2D eigenvalue weighted by Crippen LogP contribution is -2.31. The van der Waals surface area contributed by atoms with Crippen LogP contribution in [0.2, 0.25) is 5.15 Å². The van der Waals surface area contributed by atoms with Crippen molar-refractivity contribution in [3.05, 3.63) is 27.4 Å². The van der Waals surface area contributed by atoms with Crippen LogP contribution in [0.25, 0.3) is 0 Å². The molecule has 0 bridgehead atoms. The zero-order valence-electron chi connectivity index (χ0n) is 8.36. The molecular weight excluding hydrogens is 260 g/mol. The molecule has 2 N–H and O–H groups in total. The lowest BCUT2D eigenvalue weighted by Gasteiger charge is -2.14. The number of aliphatic hydroxyl groups is 1. The topological polar surface area (TPSA) is 88.3 Å². The highest BCUT2D eigenvalue weighted by Gasteiger charge is 2.27. The predicted octanol–water partition coefficient (Wildman–Crippen LogP) is 1.68. The highest BCUT2D eigenvalue weighted by Crippen LogP contribution is 2.21. The second-order valence-corrected chi connectivity index (χ2v) is 3.55. The fourth-order valence-corrected chi connectivity index (χ4v) is 1.16. The third-order valence-electron chi connectivity index (χ3n) is 1.75. The molecule has 0 radical (unpaired) electrons. The lowest BCUT2D eigenvalue weighted by molar-refractivity contribution is -0.384. The number of aliphatic hydroxyl groups excluding tert-OH is 1. The molecule has 6 nitrogen and oxygen atoms in total. The minimum Gasteiger partial charge on any atom is -0.390 e. The van der Waals surface area contributed by atoms with E-state index in [9.17, 15) is 18.9 Å². The maximum atomic E-state index is 12.7. The Hall–Kier alpha value is -1.54. The SMILES string of the molecule is O=[N+]([O-])c1cc(Cl)nc(NCC(F)(F)CO)c1. The largest absolute Gasteiger partial charge is 0.390 e. The zero-order chi connectivity index (χ0) is 13.1. The van der Waals surface area contributed by atoms with E-state index >= 15 is 0 Å². The van der Waals surface area contributed by atoms with E-state index in [4.69, 9.17) is 16.7 Å². The van der Waals surface area contributed by atoms with Crippen LogP contribution >= 0.6 is 11.6 Å². The second kappa shape index (κ2) is 5.19. The van der Waals surface area contributed by atoms with Gasteiger partial charge in [-0.2, -0.15) is 0 Å². The monoisotopic (exact) mass is 267 g/mol. The first kappa shape index (κ1) is 13.5. The molecule has 0 spiro atoms. The van der Waals surface area contributed by atoms with Crippen molar-refractivity contribution in [2.24, 2.45) is 0 Å². The number of halogens is 3. The molecule has 0 atom stereocenters. The molecule has 1 aromatic heterocycles. The standard InChI is InChI=1S/C8H8ClF2N3O3/c9-6-1-5(14(16)17)2-7(13-6)12-3-8(10,11)4-15/h1-2,15H,3-4H2,(H,12,13). The van der Waals surface area contributed by atoms with Crippen LogP contribution in [-0.4, -0.2) is 34.1 Å². The first-order chi connectivity index (χ1) is 7.84. The Morgan fingerprint density at radius 2 is 2.24 bits per heavy atom. The van der Waals surface area contributed by atoms with Crippen LogP contribution in [0.3, 0.4) is 0 Å². The third-order valence-corrected chi connectivity index (χ3v) is 1.94. The minimum absolute atomic E-state index is 0.155. The highest BCUT2D eigenvalue weighted by molar-refractivity contribution is 6.29. The van der Waals surface area contributed by atoms with E-state index in [0.29, 0.717) is 0 Å². The van der Waals surface area contributed by atoms with E-state index in [1.54, 1.807) is 0 Å². The number of nitro groups is 1. The Labute approximate surface area is 99.4 Å². The Balaban J connectivity index is 2.81. The fraction of sp³-hybridized carbons (Fsp3) is 0.375. The Morgan fingerprint density at radius 3 is 2.76 bits per heavy atom. The summed E-state index contributed by atoms with van der Waals surface area (Å²) >= 11 is 5.49. The smallest absolute Gasteiger partial charge is 0.287 e. The van der Waals surface area contributed by atoms with Gasteiger partial charge < -0.3 is 10.4 Å². The van der Waals surface area contributed by atoms with Crippen LogP contribution in [0.5, 0.6) is 0 Å². The number of anilines is 1. The summed E-state index contributed by atoms with van der Waals surface area (Å²) in [6.45, 7) is -2.23. The van der Waals surface area contributed by atoms with Crippen LogP contribution in [0, 0.1) is 10.1 Å². The van der Waals surface area contributed by atoms with Crippen molar-refractivity contribution in [3.63, 3.8) is 0 Å². The average molecular weight is 268 g/mol. The van der Waals surface area contributed by atoms with Gasteiger partial charge in [-0.3, -0.25) is 10.1 Å². The van der Waals surface area contributed by atoms with Gasteiger partial charge in [0.05, 0.1) is 23.6 Å². The molecular formula is C8H8ClF2N3O3. The number of pyridine rings is 1. The second-order valence-electron chi connectivity index (χ2n) is 3.16. The van der Waals surface area contributed by atoms with Crippen molar-refractivity contribution in [1.29, 1.82) is 0 Å². The molecule has 0 aliphatic rings. The number of alkyl halides is 2. The number of hydrogen-bond donors (Lipinski definition) is 2. The molecule has 0 aliphatic heterocycles. The van der Waals surface area contributed by atoms with E-state index in [1.807, 2.05) is 0 Å². The quantitative estimate of drug-likeness (QED) is 0.481. The summed E-state index contributed by atoms with van der Waals surface area (Å²) in [7, 11) is 0. The zero-order valence-corrected chi connectivity index (χ0v) is 9.12. The molecule has 0 unspecified atom stereocenters. The number of aromatic nitrogens is 1. The molecule has 17 heavy (non-hydrogen) atoms. The van der Waals surface area contributed by atoms with Crippen molar-refractivity contribution in [3.8, 4) is 0 Å². The summed E-state index contributed by atoms with van der Waals surface area (Å²) in [4.78, 5) is 13.3. The maximum absolute atomic E-state index is 12.7.